The predicted octanol–water partition coefficient (Wildman–Crippen LogP) is 1.09. The van der Waals surface area contributed by atoms with Crippen molar-refractivity contribution in [2.45, 2.75) is 25.3 Å². The minimum Gasteiger partial charge on any atom is -0.464 e. The van der Waals surface area contributed by atoms with Crippen molar-refractivity contribution < 1.29 is 19.5 Å². The van der Waals surface area contributed by atoms with Gasteiger partial charge in [-0.1, -0.05) is 30.3 Å². The van der Waals surface area contributed by atoms with Gasteiger partial charge in [0, 0.05) is 6.42 Å². The van der Waals surface area contributed by atoms with Crippen molar-refractivity contribution in [2.75, 3.05) is 13.2 Å². The Bertz CT molecular complexity index is 424. The first-order chi connectivity index (χ1) is 9.59. The van der Waals surface area contributed by atoms with Gasteiger partial charge in [0.2, 0.25) is 0 Å². The molecule has 2 N–H and O–H groups in total. The SMILES string of the molecule is NC(CCc1ccccc1)C(=O)OCCCO[N+](=O)[O-]. The highest BCUT2D eigenvalue weighted by Gasteiger charge is 2.14. The van der Waals surface area contributed by atoms with Crippen molar-refractivity contribution in [1.29, 1.82) is 0 Å². The fourth-order valence-electron chi connectivity index (χ4n) is 1.56. The molecule has 0 bridgehead atoms. The zero-order valence-corrected chi connectivity index (χ0v) is 11.1. The minimum atomic E-state index is -0.882. The lowest BCUT2D eigenvalue weighted by Gasteiger charge is -2.11. The van der Waals surface area contributed by atoms with E-state index in [1.54, 1.807) is 0 Å². The van der Waals surface area contributed by atoms with E-state index in [0.717, 1.165) is 5.56 Å². The Morgan fingerprint density at radius 3 is 2.65 bits per heavy atom. The van der Waals surface area contributed by atoms with Crippen LogP contribution in [-0.2, 0) is 20.8 Å². The summed E-state index contributed by atoms with van der Waals surface area (Å²) in [7, 11) is 0. The molecule has 7 nitrogen and oxygen atoms in total. The Hall–Kier alpha value is -2.15. The summed E-state index contributed by atoms with van der Waals surface area (Å²) in [5.41, 5.74) is 6.82. The quantitative estimate of drug-likeness (QED) is 0.314. The monoisotopic (exact) mass is 282 g/mol. The Kier molecular flexibility index (Phi) is 7.05. The molecule has 0 saturated carbocycles. The molecule has 0 aliphatic rings. The topological polar surface area (TPSA) is 105 Å². The maximum Gasteiger partial charge on any atom is 0.322 e. The second-order valence-electron chi connectivity index (χ2n) is 4.21. The van der Waals surface area contributed by atoms with Crippen LogP contribution in [0, 0.1) is 10.1 Å². The first-order valence-corrected chi connectivity index (χ1v) is 6.33. The molecule has 1 unspecified atom stereocenters. The van der Waals surface area contributed by atoms with E-state index in [2.05, 4.69) is 4.84 Å². The van der Waals surface area contributed by atoms with Gasteiger partial charge in [0.25, 0.3) is 5.09 Å². The van der Waals surface area contributed by atoms with E-state index in [1.165, 1.54) is 0 Å². The van der Waals surface area contributed by atoms with Crippen molar-refractivity contribution in [3.8, 4) is 0 Å². The Morgan fingerprint density at radius 1 is 1.30 bits per heavy atom. The number of aryl methyl sites for hydroxylation is 1. The van der Waals surface area contributed by atoms with Gasteiger partial charge in [-0.15, -0.1) is 10.1 Å². The molecule has 7 heteroatoms. The smallest absolute Gasteiger partial charge is 0.322 e. The first-order valence-electron chi connectivity index (χ1n) is 6.33. The molecule has 0 aliphatic carbocycles. The number of benzene rings is 1. The van der Waals surface area contributed by atoms with Gasteiger partial charge in [0.15, 0.2) is 0 Å². The fraction of sp³-hybridized carbons (Fsp3) is 0.462. The van der Waals surface area contributed by atoms with E-state index in [0.29, 0.717) is 12.8 Å². The van der Waals surface area contributed by atoms with Crippen molar-refractivity contribution >= 4 is 5.97 Å². The van der Waals surface area contributed by atoms with Crippen LogP contribution in [0.5, 0.6) is 0 Å². The van der Waals surface area contributed by atoms with Crippen LogP contribution in [0.15, 0.2) is 30.3 Å². The van der Waals surface area contributed by atoms with Crippen molar-refractivity contribution in [2.24, 2.45) is 5.73 Å². The molecule has 1 rings (SSSR count). The van der Waals surface area contributed by atoms with Crippen LogP contribution in [0.1, 0.15) is 18.4 Å². The van der Waals surface area contributed by atoms with Gasteiger partial charge in [-0.05, 0) is 18.4 Å². The Labute approximate surface area is 116 Å². The van der Waals surface area contributed by atoms with Crippen molar-refractivity contribution in [3.05, 3.63) is 46.0 Å². The van der Waals surface area contributed by atoms with Crippen molar-refractivity contribution in [1.82, 2.24) is 0 Å². The van der Waals surface area contributed by atoms with Gasteiger partial charge in [-0.3, -0.25) is 4.79 Å². The summed E-state index contributed by atoms with van der Waals surface area (Å²) in [5.74, 6) is -0.498. The highest BCUT2D eigenvalue weighted by Crippen LogP contribution is 2.05. The number of hydrogen-bond acceptors (Lipinski definition) is 6. The maximum absolute atomic E-state index is 11.5. The Morgan fingerprint density at radius 2 is 2.00 bits per heavy atom. The molecule has 0 aromatic heterocycles. The third kappa shape index (κ3) is 6.69. The number of carbonyl (C=O) groups is 1. The number of nitrogens with zero attached hydrogens (tertiary/aromatic N) is 1. The standard InChI is InChI=1S/C13H18N2O5/c14-12(8-7-11-5-2-1-3-6-11)13(16)19-9-4-10-20-15(17)18/h1-3,5-6,12H,4,7-10,14H2. The molecule has 1 aromatic rings. The predicted molar refractivity (Wildman–Crippen MR) is 71.3 cm³/mol. The van der Waals surface area contributed by atoms with E-state index in [4.69, 9.17) is 10.5 Å². The van der Waals surface area contributed by atoms with Gasteiger partial charge in [0.1, 0.15) is 6.04 Å². The minimum absolute atomic E-state index is 0.0612. The first kappa shape index (κ1) is 15.9. The summed E-state index contributed by atoms with van der Waals surface area (Å²) in [6.07, 6.45) is 1.45. The highest BCUT2D eigenvalue weighted by molar-refractivity contribution is 5.75. The number of rotatable bonds is 9. The molecule has 0 amide bonds. The van der Waals surface area contributed by atoms with Crippen LogP contribution >= 0.6 is 0 Å². The lowest BCUT2D eigenvalue weighted by Crippen LogP contribution is -2.33. The average Bonchev–Trinajstić information content (AvgIpc) is 2.45. The third-order valence-electron chi connectivity index (χ3n) is 2.62. The van der Waals surface area contributed by atoms with E-state index >= 15 is 0 Å². The molecular weight excluding hydrogens is 264 g/mol. The maximum atomic E-state index is 11.5. The molecule has 0 spiro atoms. The van der Waals surface area contributed by atoms with Gasteiger partial charge >= 0.3 is 5.97 Å². The third-order valence-corrected chi connectivity index (χ3v) is 2.62. The van der Waals surface area contributed by atoms with E-state index in [9.17, 15) is 14.9 Å². The summed E-state index contributed by atoms with van der Waals surface area (Å²) in [6.45, 7) is -0.0365. The molecule has 0 heterocycles. The lowest BCUT2D eigenvalue weighted by atomic mass is 10.1. The fourth-order valence-corrected chi connectivity index (χ4v) is 1.56. The second kappa shape index (κ2) is 8.87. The molecule has 110 valence electrons. The molecule has 20 heavy (non-hydrogen) atoms. The zero-order chi connectivity index (χ0) is 14.8. The molecule has 0 fully saturated rings. The molecular formula is C13H18N2O5. The normalized spacial score (nSPS) is 11.7. The van der Waals surface area contributed by atoms with Crippen LogP contribution < -0.4 is 5.73 Å². The number of hydrogen-bond donors (Lipinski definition) is 1. The van der Waals surface area contributed by atoms with E-state index < -0.39 is 17.1 Å². The van der Waals surface area contributed by atoms with Gasteiger partial charge in [0.05, 0.1) is 13.2 Å². The highest BCUT2D eigenvalue weighted by atomic mass is 16.9. The van der Waals surface area contributed by atoms with Crippen LogP contribution in [0.2, 0.25) is 0 Å². The van der Waals surface area contributed by atoms with E-state index in [1.807, 2.05) is 30.3 Å². The number of ether oxygens (including phenoxy) is 1. The largest absolute Gasteiger partial charge is 0.464 e. The van der Waals surface area contributed by atoms with Crippen LogP contribution in [-0.4, -0.2) is 30.3 Å². The van der Waals surface area contributed by atoms with E-state index in [-0.39, 0.29) is 19.6 Å². The summed E-state index contributed by atoms with van der Waals surface area (Å²) in [6, 6.07) is 9.01. The summed E-state index contributed by atoms with van der Waals surface area (Å²) in [4.78, 5) is 25.5. The molecule has 0 radical (unpaired) electrons. The molecule has 1 atom stereocenters. The average molecular weight is 282 g/mol. The number of esters is 1. The molecule has 0 aliphatic heterocycles. The number of nitrogens with two attached hydrogens (primary N) is 1. The summed E-state index contributed by atoms with van der Waals surface area (Å²) < 4.78 is 4.91. The lowest BCUT2D eigenvalue weighted by molar-refractivity contribution is -0.757. The molecule has 1 aromatic carbocycles. The zero-order valence-electron chi connectivity index (χ0n) is 11.1. The second-order valence-corrected chi connectivity index (χ2v) is 4.21. The van der Waals surface area contributed by atoms with Crippen LogP contribution in [0.3, 0.4) is 0 Å². The molecule has 0 saturated heterocycles. The number of carbonyl (C=O) groups excluding carboxylic acids is 1. The summed E-state index contributed by atoms with van der Waals surface area (Å²) >= 11 is 0. The van der Waals surface area contributed by atoms with Crippen molar-refractivity contribution in [3.63, 3.8) is 0 Å². The summed E-state index contributed by atoms with van der Waals surface area (Å²) in [5, 5.41) is 9.00. The van der Waals surface area contributed by atoms with Crippen LogP contribution in [0.25, 0.3) is 0 Å². The Balaban J connectivity index is 2.14. The van der Waals surface area contributed by atoms with Gasteiger partial charge in [-0.2, -0.15) is 0 Å². The van der Waals surface area contributed by atoms with Crippen LogP contribution in [0.4, 0.5) is 0 Å². The van der Waals surface area contributed by atoms with Gasteiger partial charge in [-0.25, -0.2) is 0 Å². The van der Waals surface area contributed by atoms with Gasteiger partial charge < -0.3 is 15.3 Å².